The number of H-pyrrole nitrogens is 1. The molecule has 45 heavy (non-hydrogen) atoms. The minimum absolute atomic E-state index is 0.120. The molecule has 1 aromatic heterocycles. The first-order chi connectivity index (χ1) is 21.8. The Kier molecular flexibility index (Phi) is 9.24. The maximum atomic E-state index is 14.5. The van der Waals surface area contributed by atoms with Crippen LogP contribution in [0.3, 0.4) is 0 Å². The summed E-state index contributed by atoms with van der Waals surface area (Å²) < 4.78 is 0. The van der Waals surface area contributed by atoms with Crippen LogP contribution < -0.4 is 10.2 Å². The highest BCUT2D eigenvalue weighted by atomic mass is 35.5. The molecule has 3 heterocycles. The molecular weight excluding hydrogens is 586 g/mol. The number of urea groups is 1. The van der Waals surface area contributed by atoms with Crippen LogP contribution in [0.4, 0.5) is 10.5 Å². The van der Waals surface area contributed by atoms with Crippen LogP contribution in [-0.4, -0.2) is 78.8 Å². The van der Waals surface area contributed by atoms with Crippen LogP contribution in [-0.2, 0) is 17.6 Å². The van der Waals surface area contributed by atoms with Crippen molar-refractivity contribution >= 4 is 45.9 Å². The largest absolute Gasteiger partial charge is 0.361 e. The molecule has 0 saturated carbocycles. The second-order valence-electron chi connectivity index (χ2n) is 12.6. The average Bonchev–Trinajstić information content (AvgIpc) is 3.46. The number of anilines is 1. The number of likely N-dealkylation sites (tertiary alicyclic amines) is 1. The van der Waals surface area contributed by atoms with Gasteiger partial charge in [0.05, 0.1) is 0 Å². The number of carbonyl (C=O) groups is 3. The van der Waals surface area contributed by atoms with E-state index >= 15 is 0 Å². The maximum absolute atomic E-state index is 14.5. The number of rotatable bonds is 8. The van der Waals surface area contributed by atoms with Crippen LogP contribution in [0.15, 0.2) is 79.0 Å². The molecule has 3 aromatic carbocycles. The molecule has 0 spiro atoms. The fourth-order valence-electron chi connectivity index (χ4n) is 6.89. The van der Waals surface area contributed by atoms with E-state index in [1.165, 1.54) is 0 Å². The Morgan fingerprint density at radius 3 is 2.49 bits per heavy atom. The molecule has 0 aliphatic carbocycles. The number of fused-ring (bicyclic) bond motifs is 2. The van der Waals surface area contributed by atoms with Crippen molar-refractivity contribution in [3.8, 4) is 0 Å². The van der Waals surface area contributed by atoms with Crippen molar-refractivity contribution in [2.24, 2.45) is 11.8 Å². The molecule has 2 N–H and O–H groups in total. The summed E-state index contributed by atoms with van der Waals surface area (Å²) in [6.45, 7) is 2.29. The van der Waals surface area contributed by atoms with Gasteiger partial charge in [-0.15, -0.1) is 0 Å². The Hall–Kier alpha value is -4.14. The zero-order chi connectivity index (χ0) is 31.5. The molecule has 0 unspecified atom stereocenters. The van der Waals surface area contributed by atoms with E-state index in [4.69, 9.17) is 11.6 Å². The summed E-state index contributed by atoms with van der Waals surface area (Å²) in [7, 11) is 4.08. The lowest BCUT2D eigenvalue weighted by atomic mass is 9.89. The number of aromatic amines is 1. The highest BCUT2D eigenvalue weighted by Gasteiger charge is 2.36. The molecule has 2 aliphatic heterocycles. The number of nitrogens with zero attached hydrogens (tertiary/aromatic N) is 3. The molecule has 0 radical (unpaired) electrons. The van der Waals surface area contributed by atoms with E-state index in [1.807, 2.05) is 98.0 Å². The zero-order valence-electron chi connectivity index (χ0n) is 25.8. The van der Waals surface area contributed by atoms with Crippen LogP contribution in [0.5, 0.6) is 0 Å². The summed E-state index contributed by atoms with van der Waals surface area (Å²) in [4.78, 5) is 50.4. The van der Waals surface area contributed by atoms with Gasteiger partial charge >= 0.3 is 6.03 Å². The number of piperidine rings is 1. The molecule has 2 aliphatic rings. The number of hydrogen-bond acceptors (Lipinski definition) is 4. The van der Waals surface area contributed by atoms with E-state index in [0.717, 1.165) is 40.7 Å². The summed E-state index contributed by atoms with van der Waals surface area (Å²) in [5.41, 5.74) is 4.54. The van der Waals surface area contributed by atoms with Crippen molar-refractivity contribution in [2.45, 2.75) is 31.7 Å². The average molecular weight is 626 g/mol. The number of para-hydroxylation sites is 1. The Bertz CT molecular complexity index is 1680. The lowest BCUT2D eigenvalue weighted by molar-refractivity contribution is -0.120. The van der Waals surface area contributed by atoms with Gasteiger partial charge in [0.25, 0.3) is 0 Å². The van der Waals surface area contributed by atoms with Gasteiger partial charge < -0.3 is 25.0 Å². The first-order valence-corrected chi connectivity index (χ1v) is 16.1. The number of ketones is 1. The maximum Gasteiger partial charge on any atom is 0.318 e. The normalized spacial score (nSPS) is 17.7. The van der Waals surface area contributed by atoms with Gasteiger partial charge in [0.15, 0.2) is 5.78 Å². The minimum Gasteiger partial charge on any atom is -0.361 e. The quantitative estimate of drug-likeness (QED) is 0.242. The molecule has 4 aromatic rings. The van der Waals surface area contributed by atoms with E-state index < -0.39 is 6.04 Å². The van der Waals surface area contributed by atoms with Gasteiger partial charge in [-0.3, -0.25) is 9.59 Å². The number of amides is 3. The summed E-state index contributed by atoms with van der Waals surface area (Å²) in [5.74, 6) is 0.0833. The summed E-state index contributed by atoms with van der Waals surface area (Å²) in [6, 6.07) is 21.9. The second kappa shape index (κ2) is 13.5. The molecule has 0 bridgehead atoms. The van der Waals surface area contributed by atoms with Gasteiger partial charge in [-0.25, -0.2) is 4.79 Å². The van der Waals surface area contributed by atoms with Crippen molar-refractivity contribution < 1.29 is 14.4 Å². The van der Waals surface area contributed by atoms with E-state index in [0.29, 0.717) is 49.5 Å². The lowest BCUT2D eigenvalue weighted by Crippen LogP contribution is -2.56. The van der Waals surface area contributed by atoms with Crippen LogP contribution in [0.2, 0.25) is 5.02 Å². The predicted molar refractivity (Wildman–Crippen MR) is 179 cm³/mol. The highest BCUT2D eigenvalue weighted by Crippen LogP contribution is 2.33. The number of hydrogen-bond donors (Lipinski definition) is 2. The Morgan fingerprint density at radius 1 is 1.00 bits per heavy atom. The van der Waals surface area contributed by atoms with Gasteiger partial charge in [-0.2, -0.15) is 0 Å². The first-order valence-electron chi connectivity index (χ1n) is 15.7. The molecule has 8 nitrogen and oxygen atoms in total. The smallest absolute Gasteiger partial charge is 0.318 e. The molecule has 1 fully saturated rings. The van der Waals surface area contributed by atoms with Crippen LogP contribution in [0.1, 0.15) is 34.3 Å². The van der Waals surface area contributed by atoms with Crippen molar-refractivity contribution in [3.05, 3.63) is 101 Å². The fraction of sp³-hybridized carbons (Fsp3) is 0.361. The molecule has 1 saturated heterocycles. The standard InChI is InChI=1S/C36H40ClN5O3/c1-40(2)22-24-18-27-19-29(37)12-13-33(27)42(23-24)35(44)32(20-28-21-38-31-11-7-6-10-30(28)31)39-36(45)41-16-14-26(15-17-41)34(43)25-8-4-3-5-9-25/h3-13,19,21,24,26,32,38H,14-18,20,22-23H2,1-2H3,(H,39,45)/t24-,32-/m1/s1. The molecule has 6 rings (SSSR count). The van der Waals surface area contributed by atoms with E-state index in [2.05, 4.69) is 15.2 Å². The van der Waals surface area contributed by atoms with Gasteiger partial charge in [-0.1, -0.05) is 60.1 Å². The Balaban J connectivity index is 1.23. The first kappa shape index (κ1) is 30.9. The third kappa shape index (κ3) is 6.92. The highest BCUT2D eigenvalue weighted by molar-refractivity contribution is 6.30. The van der Waals surface area contributed by atoms with Gasteiger partial charge in [0.1, 0.15) is 6.04 Å². The number of aromatic nitrogens is 1. The SMILES string of the molecule is CN(C)C[C@H]1Cc2cc(Cl)ccc2N(C(=O)[C@@H](Cc2c[nH]c3ccccc23)NC(=O)N2CCC(C(=O)c3ccccc3)CC2)C1. The van der Waals surface area contributed by atoms with E-state index in [-0.39, 0.29) is 29.6 Å². The van der Waals surface area contributed by atoms with Crippen molar-refractivity contribution in [3.63, 3.8) is 0 Å². The van der Waals surface area contributed by atoms with Crippen LogP contribution >= 0.6 is 11.6 Å². The van der Waals surface area contributed by atoms with Crippen LogP contribution in [0.25, 0.3) is 10.9 Å². The predicted octanol–water partition coefficient (Wildman–Crippen LogP) is 5.80. The monoisotopic (exact) mass is 625 g/mol. The van der Waals surface area contributed by atoms with Gasteiger partial charge in [0, 0.05) is 71.9 Å². The summed E-state index contributed by atoms with van der Waals surface area (Å²) >= 11 is 6.39. The fourth-order valence-corrected chi connectivity index (χ4v) is 7.09. The minimum atomic E-state index is -0.790. The number of carbonyl (C=O) groups excluding carboxylic acids is 3. The zero-order valence-corrected chi connectivity index (χ0v) is 26.6. The van der Waals surface area contributed by atoms with Crippen LogP contribution in [0, 0.1) is 11.8 Å². The topological polar surface area (TPSA) is 88.8 Å². The van der Waals surface area contributed by atoms with Gasteiger partial charge in [-0.05, 0) is 74.7 Å². The third-order valence-corrected chi connectivity index (χ3v) is 9.31. The summed E-state index contributed by atoms with van der Waals surface area (Å²) in [5, 5.41) is 4.79. The van der Waals surface area contributed by atoms with Crippen molar-refractivity contribution in [2.75, 3.05) is 45.2 Å². The van der Waals surface area contributed by atoms with E-state index in [1.54, 1.807) is 4.90 Å². The number of Topliss-reactive ketones (excluding diaryl/α,β-unsaturated/α-hetero) is 1. The number of nitrogens with one attached hydrogen (secondary N) is 2. The number of halogens is 1. The lowest BCUT2D eigenvalue weighted by Gasteiger charge is -2.38. The van der Waals surface area contributed by atoms with Crippen molar-refractivity contribution in [1.82, 2.24) is 20.1 Å². The molecular formula is C36H40ClN5O3. The Labute approximate surface area is 269 Å². The van der Waals surface area contributed by atoms with Crippen molar-refractivity contribution in [1.29, 1.82) is 0 Å². The van der Waals surface area contributed by atoms with E-state index in [9.17, 15) is 14.4 Å². The third-order valence-electron chi connectivity index (χ3n) is 9.08. The Morgan fingerprint density at radius 2 is 1.73 bits per heavy atom. The number of benzene rings is 3. The molecule has 9 heteroatoms. The van der Waals surface area contributed by atoms with Gasteiger partial charge in [0.2, 0.25) is 5.91 Å². The molecule has 2 atom stereocenters. The summed E-state index contributed by atoms with van der Waals surface area (Å²) in [6.07, 6.45) is 4.28. The molecule has 234 valence electrons. The molecule has 3 amide bonds. The second-order valence-corrected chi connectivity index (χ2v) is 13.0.